The second-order valence-electron chi connectivity index (χ2n) is 6.18. The van der Waals surface area contributed by atoms with Crippen molar-refractivity contribution in [3.05, 3.63) is 34.9 Å². The Hall–Kier alpha value is -0.860. The van der Waals surface area contributed by atoms with Crippen LogP contribution in [0.25, 0.3) is 0 Å². The molecule has 0 amide bonds. The lowest BCUT2D eigenvalue weighted by molar-refractivity contribution is 0.0916. The molecule has 20 heavy (non-hydrogen) atoms. The third-order valence-corrected chi connectivity index (χ3v) is 4.44. The molecule has 0 aliphatic heterocycles. The molecule has 0 bridgehead atoms. The average Bonchev–Trinajstić information content (AvgIpc) is 2.40. The van der Waals surface area contributed by atoms with Gasteiger partial charge in [0.05, 0.1) is 6.04 Å². The summed E-state index contributed by atoms with van der Waals surface area (Å²) < 4.78 is 0. The third-order valence-electron chi connectivity index (χ3n) is 4.44. The maximum absolute atomic E-state index is 3.71. The quantitative estimate of drug-likeness (QED) is 0.807. The largest absolute Gasteiger partial charge is 0.309 e. The van der Waals surface area contributed by atoms with Crippen molar-refractivity contribution < 1.29 is 0 Å². The van der Waals surface area contributed by atoms with Crippen LogP contribution in [0, 0.1) is 13.8 Å². The summed E-state index contributed by atoms with van der Waals surface area (Å²) in [6.07, 6.45) is 0. The van der Waals surface area contributed by atoms with Crippen molar-refractivity contribution in [2.75, 3.05) is 19.6 Å². The molecular formula is C18H32N2. The van der Waals surface area contributed by atoms with E-state index in [1.54, 1.807) is 0 Å². The molecular weight excluding hydrogens is 244 g/mol. The first kappa shape index (κ1) is 17.2. The Morgan fingerprint density at radius 3 is 2.20 bits per heavy atom. The van der Waals surface area contributed by atoms with E-state index in [2.05, 4.69) is 76.9 Å². The van der Waals surface area contributed by atoms with E-state index in [0.29, 0.717) is 6.04 Å². The predicted octanol–water partition coefficient (Wildman–Crippen LogP) is 4.07. The van der Waals surface area contributed by atoms with Gasteiger partial charge in [0.15, 0.2) is 0 Å². The minimum absolute atomic E-state index is 0.0953. The first-order chi connectivity index (χ1) is 9.38. The van der Waals surface area contributed by atoms with Crippen molar-refractivity contribution in [1.29, 1.82) is 0 Å². The predicted molar refractivity (Wildman–Crippen MR) is 89.3 cm³/mol. The van der Waals surface area contributed by atoms with Crippen molar-refractivity contribution in [3.63, 3.8) is 0 Å². The fourth-order valence-electron chi connectivity index (χ4n) is 3.24. The highest BCUT2D eigenvalue weighted by Crippen LogP contribution is 2.33. The molecule has 0 aliphatic rings. The second kappa shape index (κ2) is 7.24. The van der Waals surface area contributed by atoms with Gasteiger partial charge in [-0.25, -0.2) is 0 Å². The lowest BCUT2D eigenvalue weighted by atomic mass is 9.84. The third kappa shape index (κ3) is 3.62. The fraction of sp³-hybridized carbons (Fsp3) is 0.667. The van der Waals surface area contributed by atoms with E-state index >= 15 is 0 Å². The molecule has 0 aliphatic carbocycles. The van der Waals surface area contributed by atoms with Gasteiger partial charge in [-0.3, -0.25) is 4.90 Å². The van der Waals surface area contributed by atoms with Crippen LogP contribution >= 0.6 is 0 Å². The SMILES string of the molecule is CCNC(c1cc(C)ccc1C)C(C)(C)N(CC)CC. The smallest absolute Gasteiger partial charge is 0.0504 e. The zero-order valence-electron chi connectivity index (χ0n) is 14.4. The van der Waals surface area contributed by atoms with Crippen molar-refractivity contribution in [2.24, 2.45) is 0 Å². The highest BCUT2D eigenvalue weighted by Gasteiger charge is 2.35. The van der Waals surface area contributed by atoms with E-state index in [1.165, 1.54) is 16.7 Å². The van der Waals surface area contributed by atoms with Gasteiger partial charge in [0.1, 0.15) is 0 Å². The molecule has 0 saturated carbocycles. The molecule has 0 heterocycles. The first-order valence-corrected chi connectivity index (χ1v) is 7.93. The van der Waals surface area contributed by atoms with E-state index in [0.717, 1.165) is 19.6 Å². The molecule has 1 N–H and O–H groups in total. The van der Waals surface area contributed by atoms with Gasteiger partial charge in [0, 0.05) is 5.54 Å². The molecule has 0 radical (unpaired) electrons. The summed E-state index contributed by atoms with van der Waals surface area (Å²) in [5, 5.41) is 3.71. The first-order valence-electron chi connectivity index (χ1n) is 7.93. The maximum atomic E-state index is 3.71. The van der Waals surface area contributed by atoms with Gasteiger partial charge in [-0.1, -0.05) is 44.5 Å². The fourth-order valence-corrected chi connectivity index (χ4v) is 3.24. The minimum Gasteiger partial charge on any atom is -0.309 e. The highest BCUT2D eigenvalue weighted by molar-refractivity contribution is 5.35. The van der Waals surface area contributed by atoms with Gasteiger partial charge in [-0.15, -0.1) is 0 Å². The monoisotopic (exact) mass is 276 g/mol. The summed E-state index contributed by atoms with van der Waals surface area (Å²) in [5.74, 6) is 0. The van der Waals surface area contributed by atoms with Crippen LogP contribution in [0.15, 0.2) is 18.2 Å². The minimum atomic E-state index is 0.0953. The van der Waals surface area contributed by atoms with Gasteiger partial charge >= 0.3 is 0 Å². The molecule has 2 nitrogen and oxygen atoms in total. The lowest BCUT2D eigenvalue weighted by Gasteiger charge is -2.44. The van der Waals surface area contributed by atoms with Crippen LogP contribution in [-0.2, 0) is 0 Å². The maximum Gasteiger partial charge on any atom is 0.0504 e. The highest BCUT2D eigenvalue weighted by atomic mass is 15.2. The Morgan fingerprint density at radius 2 is 1.70 bits per heavy atom. The van der Waals surface area contributed by atoms with Crippen LogP contribution < -0.4 is 5.32 Å². The van der Waals surface area contributed by atoms with Crippen LogP contribution in [-0.4, -0.2) is 30.1 Å². The van der Waals surface area contributed by atoms with Crippen LogP contribution in [0.5, 0.6) is 0 Å². The zero-order valence-corrected chi connectivity index (χ0v) is 14.4. The molecule has 1 rings (SSSR count). The topological polar surface area (TPSA) is 15.3 Å². The van der Waals surface area contributed by atoms with Crippen molar-refractivity contribution in [1.82, 2.24) is 10.2 Å². The van der Waals surface area contributed by atoms with Crippen LogP contribution in [0.3, 0.4) is 0 Å². The van der Waals surface area contributed by atoms with E-state index in [9.17, 15) is 0 Å². The van der Waals surface area contributed by atoms with Gasteiger partial charge in [0.25, 0.3) is 0 Å². The number of aryl methyl sites for hydroxylation is 2. The number of hydrogen-bond donors (Lipinski definition) is 1. The number of benzene rings is 1. The number of rotatable bonds is 7. The Kier molecular flexibility index (Phi) is 6.22. The summed E-state index contributed by atoms with van der Waals surface area (Å²) in [6, 6.07) is 7.14. The molecule has 1 unspecified atom stereocenters. The molecule has 1 atom stereocenters. The van der Waals surface area contributed by atoms with Crippen molar-refractivity contribution >= 4 is 0 Å². The summed E-state index contributed by atoms with van der Waals surface area (Å²) in [4.78, 5) is 2.54. The normalized spacial score (nSPS) is 13.8. The summed E-state index contributed by atoms with van der Waals surface area (Å²) in [7, 11) is 0. The lowest BCUT2D eigenvalue weighted by Crippen LogP contribution is -2.52. The van der Waals surface area contributed by atoms with E-state index in [-0.39, 0.29) is 5.54 Å². The van der Waals surface area contributed by atoms with Crippen LogP contribution in [0.1, 0.15) is 57.4 Å². The van der Waals surface area contributed by atoms with E-state index in [4.69, 9.17) is 0 Å². The molecule has 114 valence electrons. The number of hydrogen-bond acceptors (Lipinski definition) is 2. The molecule has 1 aromatic rings. The van der Waals surface area contributed by atoms with E-state index < -0.39 is 0 Å². The average molecular weight is 276 g/mol. The Bertz CT molecular complexity index is 419. The zero-order chi connectivity index (χ0) is 15.3. The summed E-state index contributed by atoms with van der Waals surface area (Å²) >= 11 is 0. The Morgan fingerprint density at radius 1 is 1.10 bits per heavy atom. The van der Waals surface area contributed by atoms with Crippen molar-refractivity contribution in [2.45, 2.75) is 60.0 Å². The molecule has 1 aromatic carbocycles. The summed E-state index contributed by atoms with van der Waals surface area (Å²) in [6.45, 7) is 18.9. The van der Waals surface area contributed by atoms with Crippen LogP contribution in [0.2, 0.25) is 0 Å². The second-order valence-corrected chi connectivity index (χ2v) is 6.18. The number of likely N-dealkylation sites (N-methyl/N-ethyl adjacent to an activating group) is 2. The van der Waals surface area contributed by atoms with Crippen molar-refractivity contribution in [3.8, 4) is 0 Å². The van der Waals surface area contributed by atoms with Gasteiger partial charge in [-0.05, 0) is 58.5 Å². The molecule has 0 aromatic heterocycles. The van der Waals surface area contributed by atoms with E-state index in [1.807, 2.05) is 0 Å². The van der Waals surface area contributed by atoms with Crippen LogP contribution in [0.4, 0.5) is 0 Å². The Labute approximate surface area is 125 Å². The summed E-state index contributed by atoms with van der Waals surface area (Å²) in [5.41, 5.74) is 4.24. The van der Waals surface area contributed by atoms with Gasteiger partial charge < -0.3 is 5.32 Å². The molecule has 2 heteroatoms. The standard InChI is InChI=1S/C18H32N2/c1-8-19-17(18(6,7)20(9-2)10-3)16-13-14(4)11-12-15(16)5/h11-13,17,19H,8-10H2,1-7H3. The number of nitrogens with zero attached hydrogens (tertiary/aromatic N) is 1. The number of nitrogens with one attached hydrogen (secondary N) is 1. The van der Waals surface area contributed by atoms with Gasteiger partial charge in [0.2, 0.25) is 0 Å². The Balaban J connectivity index is 3.25. The molecule has 0 spiro atoms. The molecule has 0 saturated heterocycles. The molecule has 0 fully saturated rings. The van der Waals surface area contributed by atoms with Gasteiger partial charge in [-0.2, -0.15) is 0 Å².